The van der Waals surface area contributed by atoms with Crippen molar-refractivity contribution in [3.8, 4) is 0 Å². The van der Waals surface area contributed by atoms with E-state index in [2.05, 4.69) is 0 Å². The molecular formula is C7H15F3N2. The van der Waals surface area contributed by atoms with Gasteiger partial charge in [-0.15, -0.1) is 0 Å². The first-order valence-electron chi connectivity index (χ1n) is 3.64. The van der Waals surface area contributed by atoms with E-state index < -0.39 is 18.3 Å². The van der Waals surface area contributed by atoms with Crippen LogP contribution in [0.15, 0.2) is 0 Å². The molecule has 0 spiro atoms. The lowest BCUT2D eigenvalue weighted by Crippen LogP contribution is -2.46. The zero-order valence-electron chi connectivity index (χ0n) is 7.57. The molecule has 0 rings (SSSR count). The van der Waals surface area contributed by atoms with E-state index in [0.717, 1.165) is 0 Å². The summed E-state index contributed by atoms with van der Waals surface area (Å²) >= 11 is 0. The Hall–Kier alpha value is -0.290. The normalized spacial score (nSPS) is 14.0. The van der Waals surface area contributed by atoms with E-state index in [9.17, 15) is 13.2 Å². The molecule has 0 saturated heterocycles. The van der Waals surface area contributed by atoms with Crippen molar-refractivity contribution in [3.63, 3.8) is 0 Å². The molecule has 12 heavy (non-hydrogen) atoms. The monoisotopic (exact) mass is 184 g/mol. The van der Waals surface area contributed by atoms with Crippen LogP contribution in [-0.2, 0) is 0 Å². The first kappa shape index (κ1) is 11.7. The predicted octanol–water partition coefficient (Wildman–Crippen LogP) is 1.22. The molecule has 0 unspecified atom stereocenters. The Morgan fingerprint density at radius 1 is 1.17 bits per heavy atom. The quantitative estimate of drug-likeness (QED) is 0.714. The van der Waals surface area contributed by atoms with Crippen LogP contribution in [0.1, 0.15) is 13.8 Å². The van der Waals surface area contributed by atoms with Crippen molar-refractivity contribution in [1.82, 2.24) is 4.90 Å². The average molecular weight is 184 g/mol. The van der Waals surface area contributed by atoms with Crippen LogP contribution in [0.2, 0.25) is 0 Å². The molecule has 0 aromatic rings. The molecule has 0 heterocycles. The van der Waals surface area contributed by atoms with Gasteiger partial charge in [-0.05, 0) is 20.9 Å². The molecule has 0 aliphatic carbocycles. The highest BCUT2D eigenvalue weighted by atomic mass is 19.4. The third-order valence-corrected chi connectivity index (χ3v) is 1.13. The first-order valence-corrected chi connectivity index (χ1v) is 3.64. The van der Waals surface area contributed by atoms with Crippen molar-refractivity contribution in [2.75, 3.05) is 20.1 Å². The number of hydrogen-bond donors (Lipinski definition) is 1. The van der Waals surface area contributed by atoms with Crippen molar-refractivity contribution in [2.45, 2.75) is 25.6 Å². The van der Waals surface area contributed by atoms with Crippen LogP contribution in [0.3, 0.4) is 0 Å². The highest BCUT2D eigenvalue weighted by Crippen LogP contribution is 2.16. The third kappa shape index (κ3) is 7.81. The number of rotatable bonds is 3. The summed E-state index contributed by atoms with van der Waals surface area (Å²) in [4.78, 5) is 1.17. The molecule has 2 N–H and O–H groups in total. The first-order chi connectivity index (χ1) is 5.10. The van der Waals surface area contributed by atoms with Gasteiger partial charge in [0.05, 0.1) is 6.54 Å². The number of nitrogens with two attached hydrogens (primary N) is 1. The van der Waals surface area contributed by atoms with Crippen LogP contribution >= 0.6 is 0 Å². The summed E-state index contributed by atoms with van der Waals surface area (Å²) in [5, 5.41) is 0. The van der Waals surface area contributed by atoms with Gasteiger partial charge in [0.15, 0.2) is 0 Å². The number of halogens is 3. The van der Waals surface area contributed by atoms with Crippen molar-refractivity contribution in [2.24, 2.45) is 5.73 Å². The second-order valence-corrected chi connectivity index (χ2v) is 3.78. The fourth-order valence-corrected chi connectivity index (χ4v) is 1.06. The lowest BCUT2D eigenvalue weighted by atomic mass is 10.1. The molecule has 0 radical (unpaired) electrons. The molecule has 0 aliphatic heterocycles. The van der Waals surface area contributed by atoms with Crippen LogP contribution in [-0.4, -0.2) is 36.8 Å². The largest absolute Gasteiger partial charge is 0.401 e. The van der Waals surface area contributed by atoms with Gasteiger partial charge in [0, 0.05) is 12.1 Å². The van der Waals surface area contributed by atoms with Crippen LogP contribution in [0.5, 0.6) is 0 Å². The minimum Gasteiger partial charge on any atom is -0.324 e. The van der Waals surface area contributed by atoms with Crippen LogP contribution in [0.25, 0.3) is 0 Å². The van der Waals surface area contributed by atoms with Crippen molar-refractivity contribution in [3.05, 3.63) is 0 Å². The molecule has 74 valence electrons. The van der Waals surface area contributed by atoms with Gasteiger partial charge in [-0.3, -0.25) is 4.90 Å². The molecule has 0 fully saturated rings. The number of likely N-dealkylation sites (N-methyl/N-ethyl adjacent to an activating group) is 1. The molecule has 0 aromatic carbocycles. The lowest BCUT2D eigenvalue weighted by molar-refractivity contribution is -0.144. The SMILES string of the molecule is CN(CC(C)(C)N)CC(F)(F)F. The molecule has 0 atom stereocenters. The standard InChI is InChI=1S/C7H15F3N2/c1-6(2,11)4-12(3)5-7(8,9)10/h4-5,11H2,1-3H3. The topological polar surface area (TPSA) is 29.3 Å². The summed E-state index contributed by atoms with van der Waals surface area (Å²) in [6.45, 7) is 2.71. The summed E-state index contributed by atoms with van der Waals surface area (Å²) < 4.78 is 35.4. The number of hydrogen-bond acceptors (Lipinski definition) is 2. The van der Waals surface area contributed by atoms with Gasteiger partial charge < -0.3 is 5.73 Å². The van der Waals surface area contributed by atoms with E-state index in [0.29, 0.717) is 0 Å². The van der Waals surface area contributed by atoms with Crippen molar-refractivity contribution < 1.29 is 13.2 Å². The summed E-state index contributed by atoms with van der Waals surface area (Å²) in [5.74, 6) is 0. The fraction of sp³-hybridized carbons (Fsp3) is 1.00. The molecule has 0 aliphatic rings. The van der Waals surface area contributed by atoms with Gasteiger partial charge >= 0.3 is 6.18 Å². The van der Waals surface area contributed by atoms with Crippen LogP contribution in [0, 0.1) is 0 Å². The summed E-state index contributed by atoms with van der Waals surface area (Å²) in [7, 11) is 1.40. The lowest BCUT2D eigenvalue weighted by Gasteiger charge is -2.26. The van der Waals surface area contributed by atoms with Crippen molar-refractivity contribution in [1.29, 1.82) is 0 Å². The summed E-state index contributed by atoms with van der Waals surface area (Å²) in [6.07, 6.45) is -4.14. The molecule has 5 heteroatoms. The second-order valence-electron chi connectivity index (χ2n) is 3.78. The highest BCUT2D eigenvalue weighted by Gasteiger charge is 2.30. The van der Waals surface area contributed by atoms with E-state index in [-0.39, 0.29) is 6.54 Å². The minimum atomic E-state index is -4.14. The van der Waals surface area contributed by atoms with Gasteiger partial charge in [-0.2, -0.15) is 13.2 Å². The second kappa shape index (κ2) is 3.62. The fourth-order valence-electron chi connectivity index (χ4n) is 1.06. The summed E-state index contributed by atoms with van der Waals surface area (Å²) in [6, 6.07) is 0. The zero-order valence-corrected chi connectivity index (χ0v) is 7.57. The van der Waals surface area contributed by atoms with Crippen LogP contribution in [0.4, 0.5) is 13.2 Å². The zero-order chi connectivity index (χ0) is 9.99. The predicted molar refractivity (Wildman–Crippen MR) is 41.8 cm³/mol. The smallest absolute Gasteiger partial charge is 0.324 e. The molecule has 0 bridgehead atoms. The number of nitrogens with zero attached hydrogens (tertiary/aromatic N) is 1. The Labute approximate surface area is 70.5 Å². The molecule has 0 saturated carbocycles. The maximum Gasteiger partial charge on any atom is 0.401 e. The summed E-state index contributed by atoms with van der Waals surface area (Å²) in [5.41, 5.74) is 4.96. The van der Waals surface area contributed by atoms with Gasteiger partial charge in [0.25, 0.3) is 0 Å². The molecular weight excluding hydrogens is 169 g/mol. The molecule has 0 amide bonds. The van der Waals surface area contributed by atoms with E-state index in [1.54, 1.807) is 13.8 Å². The van der Waals surface area contributed by atoms with Gasteiger partial charge in [0.1, 0.15) is 0 Å². The van der Waals surface area contributed by atoms with Crippen LogP contribution < -0.4 is 5.73 Å². The van der Waals surface area contributed by atoms with E-state index in [1.807, 2.05) is 0 Å². The van der Waals surface area contributed by atoms with Gasteiger partial charge in [-0.25, -0.2) is 0 Å². The maximum atomic E-state index is 11.8. The van der Waals surface area contributed by atoms with E-state index >= 15 is 0 Å². The van der Waals surface area contributed by atoms with Crippen molar-refractivity contribution >= 4 is 0 Å². The van der Waals surface area contributed by atoms with E-state index in [1.165, 1.54) is 11.9 Å². The molecule has 2 nitrogen and oxygen atoms in total. The van der Waals surface area contributed by atoms with E-state index in [4.69, 9.17) is 5.73 Å². The Bertz CT molecular complexity index is 121. The maximum absolute atomic E-state index is 11.8. The highest BCUT2D eigenvalue weighted by molar-refractivity contribution is 4.76. The van der Waals surface area contributed by atoms with Gasteiger partial charge in [-0.1, -0.05) is 0 Å². The van der Waals surface area contributed by atoms with Gasteiger partial charge in [0.2, 0.25) is 0 Å². The average Bonchev–Trinajstić information content (AvgIpc) is 1.49. The minimum absolute atomic E-state index is 0.229. The Balaban J connectivity index is 3.83. The number of alkyl halides is 3. The molecule has 0 aromatic heterocycles. The Morgan fingerprint density at radius 3 is 1.83 bits per heavy atom. The Morgan fingerprint density at radius 2 is 1.58 bits per heavy atom. The third-order valence-electron chi connectivity index (χ3n) is 1.13. The Kier molecular flexibility index (Phi) is 3.53.